The van der Waals surface area contributed by atoms with Crippen LogP contribution < -0.4 is 16.0 Å². The first-order chi connectivity index (χ1) is 18.0. The fourth-order valence-corrected chi connectivity index (χ4v) is 5.08. The number of nitrogens with one attached hydrogen (secondary N) is 3. The third-order valence-corrected chi connectivity index (χ3v) is 6.93. The van der Waals surface area contributed by atoms with Crippen LogP contribution in [0.2, 0.25) is 5.02 Å². The predicted octanol–water partition coefficient (Wildman–Crippen LogP) is 7.06. The van der Waals surface area contributed by atoms with Gasteiger partial charge in [0.05, 0.1) is 39.5 Å². The minimum atomic E-state index is -4.76. The van der Waals surface area contributed by atoms with Gasteiger partial charge in [0.2, 0.25) is 0 Å². The van der Waals surface area contributed by atoms with Crippen LogP contribution in [0.15, 0.2) is 54.6 Å². The molecule has 3 amide bonds. The SMILES string of the molecule is O=C(O)CC1(NC(=O)c2cc3ccccc3cc2NC(=O)Nc2c(Cl)cccc2C(F)(F)F)CCCCC1. The number of urea groups is 1. The number of halogens is 4. The van der Waals surface area contributed by atoms with Crippen LogP contribution in [0, 0.1) is 0 Å². The summed E-state index contributed by atoms with van der Waals surface area (Å²) in [6, 6.07) is 12.2. The molecule has 0 aromatic heterocycles. The van der Waals surface area contributed by atoms with E-state index < -0.39 is 40.9 Å². The second kappa shape index (κ2) is 10.9. The van der Waals surface area contributed by atoms with Gasteiger partial charge in [0, 0.05) is 0 Å². The van der Waals surface area contributed by atoms with Gasteiger partial charge in [0.1, 0.15) is 0 Å². The number of para-hydroxylation sites is 1. The van der Waals surface area contributed by atoms with E-state index in [1.807, 2.05) is 0 Å². The first-order valence-electron chi connectivity index (χ1n) is 12.0. The van der Waals surface area contributed by atoms with Crippen molar-refractivity contribution in [2.75, 3.05) is 10.6 Å². The summed E-state index contributed by atoms with van der Waals surface area (Å²) in [4.78, 5) is 37.9. The number of amides is 3. The molecule has 0 heterocycles. The highest BCUT2D eigenvalue weighted by atomic mass is 35.5. The Kier molecular flexibility index (Phi) is 7.82. The van der Waals surface area contributed by atoms with E-state index in [9.17, 15) is 32.7 Å². The minimum Gasteiger partial charge on any atom is -0.481 e. The summed E-state index contributed by atoms with van der Waals surface area (Å²) >= 11 is 5.95. The number of anilines is 2. The molecule has 0 saturated heterocycles. The molecular weight excluding hydrogens is 523 g/mol. The number of carboxylic acid groups (broad SMARTS) is 1. The lowest BCUT2D eigenvalue weighted by molar-refractivity contribution is -0.139. The van der Waals surface area contributed by atoms with Gasteiger partial charge in [-0.05, 0) is 47.9 Å². The molecule has 1 aliphatic carbocycles. The van der Waals surface area contributed by atoms with Crippen LogP contribution in [0.4, 0.5) is 29.3 Å². The van der Waals surface area contributed by atoms with Gasteiger partial charge in [-0.25, -0.2) is 4.79 Å². The van der Waals surface area contributed by atoms with Gasteiger partial charge in [-0.1, -0.05) is 61.2 Å². The number of carbonyl (C=O) groups is 3. The van der Waals surface area contributed by atoms with Crippen molar-refractivity contribution in [3.05, 3.63) is 70.7 Å². The largest absolute Gasteiger partial charge is 0.481 e. The van der Waals surface area contributed by atoms with Crippen molar-refractivity contribution in [2.24, 2.45) is 0 Å². The molecule has 0 spiro atoms. The molecule has 1 saturated carbocycles. The molecule has 7 nitrogen and oxygen atoms in total. The molecule has 4 N–H and O–H groups in total. The quantitative estimate of drug-likeness (QED) is 0.265. The molecule has 3 aromatic carbocycles. The zero-order valence-electron chi connectivity index (χ0n) is 20.1. The molecule has 0 atom stereocenters. The first kappa shape index (κ1) is 27.3. The van der Waals surface area contributed by atoms with E-state index in [4.69, 9.17) is 11.6 Å². The van der Waals surface area contributed by atoms with E-state index in [1.54, 1.807) is 30.3 Å². The lowest BCUT2D eigenvalue weighted by atomic mass is 9.79. The average molecular weight is 548 g/mol. The number of benzene rings is 3. The third kappa shape index (κ3) is 6.19. The van der Waals surface area contributed by atoms with Crippen LogP contribution in [0.1, 0.15) is 54.4 Å². The number of carboxylic acids is 1. The Hall–Kier alpha value is -3.79. The maximum atomic E-state index is 13.5. The molecule has 0 radical (unpaired) electrons. The number of fused-ring (bicyclic) bond motifs is 1. The summed E-state index contributed by atoms with van der Waals surface area (Å²) in [6.45, 7) is 0. The second-order valence-corrected chi connectivity index (χ2v) is 9.76. The number of alkyl halides is 3. The van der Waals surface area contributed by atoms with E-state index in [0.717, 1.165) is 31.4 Å². The molecule has 0 unspecified atom stereocenters. The molecule has 11 heteroatoms. The number of hydrogen-bond donors (Lipinski definition) is 4. The summed E-state index contributed by atoms with van der Waals surface area (Å²) in [5, 5.41) is 18.0. The first-order valence-corrected chi connectivity index (χ1v) is 12.4. The van der Waals surface area contributed by atoms with Gasteiger partial charge in [-0.3, -0.25) is 9.59 Å². The lowest BCUT2D eigenvalue weighted by Crippen LogP contribution is -2.51. The molecule has 200 valence electrons. The van der Waals surface area contributed by atoms with E-state index in [0.29, 0.717) is 23.6 Å². The Labute approximate surface area is 221 Å². The Morgan fingerprint density at radius 2 is 1.58 bits per heavy atom. The van der Waals surface area contributed by atoms with E-state index in [1.165, 1.54) is 12.1 Å². The highest BCUT2D eigenvalue weighted by Gasteiger charge is 2.37. The number of rotatable bonds is 6. The van der Waals surface area contributed by atoms with E-state index in [2.05, 4.69) is 16.0 Å². The molecule has 1 fully saturated rings. The topological polar surface area (TPSA) is 108 Å². The van der Waals surface area contributed by atoms with Gasteiger partial charge in [0.25, 0.3) is 5.91 Å². The Morgan fingerprint density at radius 1 is 0.921 bits per heavy atom. The maximum absolute atomic E-state index is 13.5. The van der Waals surface area contributed by atoms with Gasteiger partial charge in [-0.15, -0.1) is 0 Å². The van der Waals surface area contributed by atoms with Crippen molar-refractivity contribution < 1.29 is 32.7 Å². The standard InChI is InChI=1S/C27H25ClF3N3O4/c28-20-10-6-9-19(27(29,30)31)23(20)33-25(38)32-21-14-17-8-3-2-7-16(17)13-18(21)24(37)34-26(15-22(35)36)11-4-1-5-12-26/h2-3,6-10,13-14H,1,4-5,11-12,15H2,(H,34,37)(H,35,36)(H2,32,33,38). The van der Waals surface area contributed by atoms with Crippen LogP contribution in [0.5, 0.6) is 0 Å². The zero-order valence-corrected chi connectivity index (χ0v) is 20.9. The number of aliphatic carboxylic acids is 1. The van der Waals surface area contributed by atoms with Crippen molar-refractivity contribution in [3.63, 3.8) is 0 Å². The summed E-state index contributed by atoms with van der Waals surface area (Å²) in [6.07, 6.45) is -1.57. The molecule has 4 rings (SSSR count). The molecule has 0 bridgehead atoms. The molecule has 3 aromatic rings. The van der Waals surface area contributed by atoms with Crippen LogP contribution >= 0.6 is 11.6 Å². The molecule has 38 heavy (non-hydrogen) atoms. The summed E-state index contributed by atoms with van der Waals surface area (Å²) in [5.74, 6) is -1.63. The summed E-state index contributed by atoms with van der Waals surface area (Å²) in [7, 11) is 0. The summed E-state index contributed by atoms with van der Waals surface area (Å²) < 4.78 is 40.4. The van der Waals surface area contributed by atoms with Crippen molar-refractivity contribution in [2.45, 2.75) is 50.2 Å². The van der Waals surface area contributed by atoms with Crippen LogP contribution in [0.25, 0.3) is 10.8 Å². The monoisotopic (exact) mass is 547 g/mol. The highest BCUT2D eigenvalue weighted by Crippen LogP contribution is 2.39. The van der Waals surface area contributed by atoms with Crippen molar-refractivity contribution in [3.8, 4) is 0 Å². The van der Waals surface area contributed by atoms with Crippen molar-refractivity contribution in [1.82, 2.24) is 5.32 Å². The highest BCUT2D eigenvalue weighted by molar-refractivity contribution is 6.34. The Balaban J connectivity index is 1.67. The van der Waals surface area contributed by atoms with Crippen molar-refractivity contribution in [1.29, 1.82) is 0 Å². The molecule has 1 aliphatic rings. The molecule has 0 aliphatic heterocycles. The lowest BCUT2D eigenvalue weighted by Gasteiger charge is -2.37. The zero-order chi connectivity index (χ0) is 27.5. The predicted molar refractivity (Wildman–Crippen MR) is 139 cm³/mol. The van der Waals surface area contributed by atoms with Crippen molar-refractivity contribution >= 4 is 51.7 Å². The number of hydrogen-bond acceptors (Lipinski definition) is 3. The maximum Gasteiger partial charge on any atom is 0.418 e. The van der Waals surface area contributed by atoms with Crippen LogP contribution in [-0.4, -0.2) is 28.6 Å². The van der Waals surface area contributed by atoms with Gasteiger partial charge >= 0.3 is 18.2 Å². The molecular formula is C27H25ClF3N3O4. The fraction of sp³-hybridized carbons (Fsp3) is 0.296. The van der Waals surface area contributed by atoms with Gasteiger partial charge in [-0.2, -0.15) is 13.2 Å². The second-order valence-electron chi connectivity index (χ2n) is 9.35. The Morgan fingerprint density at radius 3 is 2.21 bits per heavy atom. The summed E-state index contributed by atoms with van der Waals surface area (Å²) in [5.41, 5.74) is -2.59. The third-order valence-electron chi connectivity index (χ3n) is 6.62. The fourth-order valence-electron chi connectivity index (χ4n) is 4.86. The van der Waals surface area contributed by atoms with Crippen LogP contribution in [0.3, 0.4) is 0 Å². The van der Waals surface area contributed by atoms with E-state index >= 15 is 0 Å². The van der Waals surface area contributed by atoms with Gasteiger partial charge < -0.3 is 21.1 Å². The smallest absolute Gasteiger partial charge is 0.418 e. The van der Waals surface area contributed by atoms with Gasteiger partial charge in [0.15, 0.2) is 0 Å². The normalized spacial score (nSPS) is 15.1. The average Bonchev–Trinajstić information content (AvgIpc) is 2.84. The Bertz CT molecular complexity index is 1390. The van der Waals surface area contributed by atoms with E-state index in [-0.39, 0.29) is 22.7 Å². The minimum absolute atomic E-state index is 0.0422. The van der Waals surface area contributed by atoms with Crippen LogP contribution in [-0.2, 0) is 11.0 Å². The number of carbonyl (C=O) groups excluding carboxylic acids is 2.